The molecule has 1 rings (SSSR count). The minimum atomic E-state index is -0.475. The van der Waals surface area contributed by atoms with E-state index < -0.39 is 11.6 Å². The van der Waals surface area contributed by atoms with Gasteiger partial charge in [0.2, 0.25) is 0 Å². The van der Waals surface area contributed by atoms with Crippen molar-refractivity contribution in [1.82, 2.24) is 0 Å². The summed E-state index contributed by atoms with van der Waals surface area (Å²) in [7, 11) is 1.66. The highest BCUT2D eigenvalue weighted by atomic mass is 19.1. The maximum atomic E-state index is 12.6. The molecule has 0 nitrogen and oxygen atoms in total. The summed E-state index contributed by atoms with van der Waals surface area (Å²) in [5, 5.41) is 0. The normalized spacial score (nSPS) is 9.90. The minimum Gasteiger partial charge on any atom is -0.207 e. The van der Waals surface area contributed by atoms with Crippen molar-refractivity contribution in [2.24, 2.45) is 0 Å². The zero-order chi connectivity index (χ0) is 7.72. The van der Waals surface area contributed by atoms with Crippen LogP contribution in [-0.4, -0.2) is 7.85 Å². The number of halogens is 2. The molecule has 0 radical (unpaired) electrons. The molecule has 0 aliphatic heterocycles. The molecule has 52 valence electrons. The van der Waals surface area contributed by atoms with Crippen LogP contribution in [0.4, 0.5) is 8.78 Å². The van der Waals surface area contributed by atoms with Crippen LogP contribution in [0.15, 0.2) is 12.1 Å². The second-order valence-corrected chi connectivity index (χ2v) is 2.35. The summed E-state index contributed by atoms with van der Waals surface area (Å²) in [6.45, 7) is 1.42. The monoisotopic (exact) mass is 140 g/mol. The summed E-state index contributed by atoms with van der Waals surface area (Å²) in [5.41, 5.74) is 0.700. The van der Waals surface area contributed by atoms with Gasteiger partial charge in [-0.25, -0.2) is 8.78 Å². The maximum Gasteiger partial charge on any atom is 0.139 e. The molecule has 0 unspecified atom stereocenters. The lowest BCUT2D eigenvalue weighted by Crippen LogP contribution is -2.06. The van der Waals surface area contributed by atoms with Crippen LogP contribution in [0.3, 0.4) is 0 Å². The van der Waals surface area contributed by atoms with Crippen LogP contribution in [0.2, 0.25) is 0 Å². The van der Waals surface area contributed by atoms with Crippen LogP contribution in [0.5, 0.6) is 0 Å². The lowest BCUT2D eigenvalue weighted by Gasteiger charge is -1.98. The number of hydrogen-bond acceptors (Lipinski definition) is 0. The third kappa shape index (κ3) is 1.18. The van der Waals surface area contributed by atoms with Gasteiger partial charge >= 0.3 is 0 Å². The standard InChI is InChI=1S/C7H7BF2/c1-4-6(9)2-5(8)3-7(4)10/h2-3H,8H2,1H3. The zero-order valence-electron chi connectivity index (χ0n) is 5.91. The van der Waals surface area contributed by atoms with Crippen molar-refractivity contribution in [3.05, 3.63) is 29.3 Å². The fourth-order valence-corrected chi connectivity index (χ4v) is 0.772. The number of benzene rings is 1. The summed E-state index contributed by atoms with van der Waals surface area (Å²) < 4.78 is 25.2. The van der Waals surface area contributed by atoms with Gasteiger partial charge in [0.25, 0.3) is 0 Å². The Hall–Kier alpha value is -0.855. The van der Waals surface area contributed by atoms with E-state index in [1.54, 1.807) is 7.85 Å². The Labute approximate surface area is 59.3 Å². The van der Waals surface area contributed by atoms with Crippen LogP contribution in [-0.2, 0) is 0 Å². The molecule has 0 saturated carbocycles. The van der Waals surface area contributed by atoms with Gasteiger partial charge in [-0.15, -0.1) is 0 Å². The third-order valence-electron chi connectivity index (χ3n) is 1.43. The van der Waals surface area contributed by atoms with E-state index >= 15 is 0 Å². The van der Waals surface area contributed by atoms with E-state index in [1.807, 2.05) is 0 Å². The lowest BCUT2D eigenvalue weighted by atomic mass is 9.95. The molecule has 0 N–H and O–H groups in total. The summed E-state index contributed by atoms with van der Waals surface area (Å²) in [6, 6.07) is 2.64. The average molecular weight is 140 g/mol. The first-order chi connectivity index (χ1) is 4.61. The van der Waals surface area contributed by atoms with Crippen LogP contribution >= 0.6 is 0 Å². The Morgan fingerprint density at radius 2 is 1.60 bits per heavy atom. The third-order valence-corrected chi connectivity index (χ3v) is 1.43. The highest BCUT2D eigenvalue weighted by Crippen LogP contribution is 2.07. The molecule has 0 aliphatic rings. The first-order valence-corrected chi connectivity index (χ1v) is 3.03. The molecule has 0 spiro atoms. The Kier molecular flexibility index (Phi) is 1.75. The number of hydrogen-bond donors (Lipinski definition) is 0. The fraction of sp³-hybridized carbons (Fsp3) is 0.143. The summed E-state index contributed by atoms with van der Waals surface area (Å²) in [4.78, 5) is 0. The van der Waals surface area contributed by atoms with E-state index in [9.17, 15) is 8.78 Å². The van der Waals surface area contributed by atoms with Crippen LogP contribution < -0.4 is 5.46 Å². The van der Waals surface area contributed by atoms with E-state index in [0.29, 0.717) is 5.46 Å². The molecule has 1 aromatic rings. The van der Waals surface area contributed by atoms with Crippen molar-refractivity contribution in [2.75, 3.05) is 0 Å². The van der Waals surface area contributed by atoms with Crippen molar-refractivity contribution < 1.29 is 8.78 Å². The summed E-state index contributed by atoms with van der Waals surface area (Å²) >= 11 is 0. The van der Waals surface area contributed by atoms with Crippen molar-refractivity contribution in [1.29, 1.82) is 0 Å². The first-order valence-electron chi connectivity index (χ1n) is 3.03. The average Bonchev–Trinajstić information content (AvgIpc) is 1.82. The first kappa shape index (κ1) is 7.25. The fourth-order valence-electron chi connectivity index (χ4n) is 0.772. The maximum absolute atomic E-state index is 12.6. The van der Waals surface area contributed by atoms with Gasteiger partial charge in [-0.2, -0.15) is 0 Å². The molecule has 0 bridgehead atoms. The Balaban J connectivity index is 3.31. The second kappa shape index (κ2) is 2.41. The van der Waals surface area contributed by atoms with Gasteiger partial charge in [0, 0.05) is 5.56 Å². The number of rotatable bonds is 0. The Bertz CT molecular complexity index is 235. The predicted octanol–water partition coefficient (Wildman–Crippen LogP) is 0.532. The summed E-state index contributed by atoms with van der Waals surface area (Å²) in [6.07, 6.45) is 0. The molecule has 0 saturated heterocycles. The van der Waals surface area contributed by atoms with Crippen molar-refractivity contribution in [3.63, 3.8) is 0 Å². The SMILES string of the molecule is Bc1cc(F)c(C)c(F)c1. The molecule has 1 aromatic carbocycles. The second-order valence-electron chi connectivity index (χ2n) is 2.35. The lowest BCUT2D eigenvalue weighted by molar-refractivity contribution is 0.570. The molecular weight excluding hydrogens is 133 g/mol. The van der Waals surface area contributed by atoms with Crippen LogP contribution in [0, 0.1) is 18.6 Å². The highest BCUT2D eigenvalue weighted by Gasteiger charge is 2.02. The zero-order valence-corrected chi connectivity index (χ0v) is 5.91. The topological polar surface area (TPSA) is 0 Å². The molecule has 0 heterocycles. The summed E-state index contributed by atoms with van der Waals surface area (Å²) in [5.74, 6) is -0.949. The molecule has 0 amide bonds. The van der Waals surface area contributed by atoms with Crippen LogP contribution in [0.1, 0.15) is 5.56 Å². The Morgan fingerprint density at radius 1 is 1.20 bits per heavy atom. The van der Waals surface area contributed by atoms with Gasteiger partial charge in [0.15, 0.2) is 0 Å². The van der Waals surface area contributed by atoms with Crippen molar-refractivity contribution in [2.45, 2.75) is 6.92 Å². The van der Waals surface area contributed by atoms with Crippen molar-refractivity contribution in [3.8, 4) is 0 Å². The van der Waals surface area contributed by atoms with E-state index in [2.05, 4.69) is 0 Å². The molecule has 10 heavy (non-hydrogen) atoms. The minimum absolute atomic E-state index is 0.0885. The highest BCUT2D eigenvalue weighted by molar-refractivity contribution is 6.32. The molecule has 3 heteroatoms. The quantitative estimate of drug-likeness (QED) is 0.461. The van der Waals surface area contributed by atoms with Gasteiger partial charge < -0.3 is 0 Å². The van der Waals surface area contributed by atoms with E-state index in [1.165, 1.54) is 19.1 Å². The molecular formula is C7H7BF2. The largest absolute Gasteiger partial charge is 0.207 e. The van der Waals surface area contributed by atoms with Gasteiger partial charge in [-0.1, -0.05) is 5.46 Å². The van der Waals surface area contributed by atoms with E-state index in [-0.39, 0.29) is 5.56 Å². The van der Waals surface area contributed by atoms with Gasteiger partial charge in [-0.05, 0) is 19.1 Å². The van der Waals surface area contributed by atoms with Crippen molar-refractivity contribution >= 4 is 13.3 Å². The molecule has 0 aliphatic carbocycles. The smallest absolute Gasteiger partial charge is 0.139 e. The molecule has 0 aromatic heterocycles. The van der Waals surface area contributed by atoms with Gasteiger partial charge in [0.05, 0.1) is 0 Å². The van der Waals surface area contributed by atoms with E-state index in [0.717, 1.165) is 0 Å². The predicted molar refractivity (Wildman–Crippen MR) is 39.3 cm³/mol. The van der Waals surface area contributed by atoms with Crippen LogP contribution in [0.25, 0.3) is 0 Å². The van der Waals surface area contributed by atoms with Gasteiger partial charge in [-0.3, -0.25) is 0 Å². The van der Waals surface area contributed by atoms with Gasteiger partial charge in [0.1, 0.15) is 19.5 Å². The molecule has 0 fully saturated rings. The molecule has 0 atom stereocenters. The van der Waals surface area contributed by atoms with E-state index in [4.69, 9.17) is 0 Å². The Morgan fingerprint density at radius 3 is 2.00 bits per heavy atom.